The standard InChI is InChI=1S/C18H14BrClFN3O2S/c1-2-24-17(26)12-7-10(19)3-6-15(12)23-18(24)27-9-16(25)22-11-4-5-14(21)13(20)8-11/h3-8H,2,9H2,1H3,(H,22,25). The molecule has 1 amide bonds. The summed E-state index contributed by atoms with van der Waals surface area (Å²) in [6.45, 7) is 2.28. The van der Waals surface area contributed by atoms with E-state index in [1.165, 1.54) is 22.8 Å². The lowest BCUT2D eigenvalue weighted by atomic mass is 10.2. The minimum absolute atomic E-state index is 0.0451. The number of amides is 1. The highest BCUT2D eigenvalue weighted by molar-refractivity contribution is 9.10. The second-order valence-electron chi connectivity index (χ2n) is 5.57. The first-order valence-electron chi connectivity index (χ1n) is 7.97. The van der Waals surface area contributed by atoms with Crippen LogP contribution in [0.4, 0.5) is 10.1 Å². The van der Waals surface area contributed by atoms with E-state index in [-0.39, 0.29) is 22.2 Å². The van der Waals surface area contributed by atoms with Gasteiger partial charge < -0.3 is 5.32 Å². The fraction of sp³-hybridized carbons (Fsp3) is 0.167. The van der Waals surface area contributed by atoms with Crippen LogP contribution < -0.4 is 10.9 Å². The summed E-state index contributed by atoms with van der Waals surface area (Å²) in [5, 5.41) is 3.56. The highest BCUT2D eigenvalue weighted by Gasteiger charge is 2.13. The molecule has 5 nitrogen and oxygen atoms in total. The molecule has 0 spiro atoms. The van der Waals surface area contributed by atoms with Gasteiger partial charge in [0, 0.05) is 16.7 Å². The van der Waals surface area contributed by atoms with Gasteiger partial charge in [-0.3, -0.25) is 14.2 Å². The highest BCUT2D eigenvalue weighted by atomic mass is 79.9. The zero-order valence-electron chi connectivity index (χ0n) is 14.1. The molecule has 1 aromatic heterocycles. The summed E-state index contributed by atoms with van der Waals surface area (Å²) in [6, 6.07) is 9.25. The van der Waals surface area contributed by atoms with E-state index in [1.807, 2.05) is 13.0 Å². The van der Waals surface area contributed by atoms with Gasteiger partial charge in [-0.2, -0.15) is 0 Å². The van der Waals surface area contributed by atoms with Crippen molar-refractivity contribution in [3.8, 4) is 0 Å². The van der Waals surface area contributed by atoms with Gasteiger partial charge in [0.1, 0.15) is 5.82 Å². The maximum atomic E-state index is 13.2. The van der Waals surface area contributed by atoms with Gasteiger partial charge in [0.2, 0.25) is 5.91 Å². The van der Waals surface area contributed by atoms with Crippen LogP contribution >= 0.6 is 39.3 Å². The number of rotatable bonds is 5. The van der Waals surface area contributed by atoms with Crippen molar-refractivity contribution in [2.75, 3.05) is 11.1 Å². The van der Waals surface area contributed by atoms with Crippen LogP contribution in [0.2, 0.25) is 5.02 Å². The van der Waals surface area contributed by atoms with Crippen LogP contribution in [-0.4, -0.2) is 21.2 Å². The third-order valence-corrected chi connectivity index (χ3v) is 5.49. The Balaban J connectivity index is 1.79. The van der Waals surface area contributed by atoms with E-state index in [0.29, 0.717) is 28.3 Å². The predicted molar refractivity (Wildman–Crippen MR) is 110 cm³/mol. The van der Waals surface area contributed by atoms with Crippen molar-refractivity contribution in [3.63, 3.8) is 0 Å². The molecule has 9 heteroatoms. The van der Waals surface area contributed by atoms with Gasteiger partial charge in [-0.1, -0.05) is 39.3 Å². The van der Waals surface area contributed by atoms with Crippen LogP contribution in [-0.2, 0) is 11.3 Å². The molecule has 3 rings (SSSR count). The van der Waals surface area contributed by atoms with E-state index >= 15 is 0 Å². The topological polar surface area (TPSA) is 64.0 Å². The number of anilines is 1. The molecule has 0 unspecified atom stereocenters. The Morgan fingerprint density at radius 2 is 2.11 bits per heavy atom. The molecule has 0 saturated carbocycles. The van der Waals surface area contributed by atoms with Crippen molar-refractivity contribution in [1.82, 2.24) is 9.55 Å². The number of nitrogens with zero attached hydrogens (tertiary/aromatic N) is 2. The lowest BCUT2D eigenvalue weighted by Gasteiger charge is -2.11. The largest absolute Gasteiger partial charge is 0.325 e. The Bertz CT molecular complexity index is 1090. The van der Waals surface area contributed by atoms with Crippen LogP contribution in [0.3, 0.4) is 0 Å². The molecule has 0 saturated heterocycles. The summed E-state index contributed by atoms with van der Waals surface area (Å²) in [5.41, 5.74) is 0.814. The van der Waals surface area contributed by atoms with Crippen LogP contribution in [0.5, 0.6) is 0 Å². The molecule has 27 heavy (non-hydrogen) atoms. The molecule has 2 aromatic carbocycles. The van der Waals surface area contributed by atoms with Gasteiger partial charge in [0.15, 0.2) is 5.16 Å². The molecular weight excluding hydrogens is 457 g/mol. The van der Waals surface area contributed by atoms with Crippen molar-refractivity contribution in [2.24, 2.45) is 0 Å². The molecule has 3 aromatic rings. The first-order valence-corrected chi connectivity index (χ1v) is 10.1. The molecule has 140 valence electrons. The van der Waals surface area contributed by atoms with E-state index in [1.54, 1.807) is 12.1 Å². The number of hydrogen-bond donors (Lipinski definition) is 1. The van der Waals surface area contributed by atoms with Gasteiger partial charge in [0.25, 0.3) is 5.56 Å². The average Bonchev–Trinajstić information content (AvgIpc) is 2.64. The SMILES string of the molecule is CCn1c(SCC(=O)Nc2ccc(F)c(Cl)c2)nc2ccc(Br)cc2c1=O. The van der Waals surface area contributed by atoms with E-state index in [9.17, 15) is 14.0 Å². The number of fused-ring (bicyclic) bond motifs is 1. The lowest BCUT2D eigenvalue weighted by Crippen LogP contribution is -2.23. The Kier molecular flexibility index (Phi) is 6.18. The summed E-state index contributed by atoms with van der Waals surface area (Å²) < 4.78 is 15.5. The summed E-state index contributed by atoms with van der Waals surface area (Å²) in [4.78, 5) is 29.4. The van der Waals surface area contributed by atoms with E-state index < -0.39 is 5.82 Å². The van der Waals surface area contributed by atoms with Crippen molar-refractivity contribution in [2.45, 2.75) is 18.6 Å². The van der Waals surface area contributed by atoms with Gasteiger partial charge in [-0.25, -0.2) is 9.37 Å². The van der Waals surface area contributed by atoms with Gasteiger partial charge in [0.05, 0.1) is 21.7 Å². The fourth-order valence-corrected chi connectivity index (χ4v) is 3.87. The number of carbonyl (C=O) groups is 1. The monoisotopic (exact) mass is 469 g/mol. The molecule has 0 aliphatic rings. The second-order valence-corrected chi connectivity index (χ2v) is 7.84. The molecule has 0 atom stereocenters. The molecule has 0 radical (unpaired) electrons. The predicted octanol–water partition coefficient (Wildman–Crippen LogP) is 4.70. The lowest BCUT2D eigenvalue weighted by molar-refractivity contribution is -0.113. The third-order valence-electron chi connectivity index (χ3n) is 3.73. The van der Waals surface area contributed by atoms with Crippen molar-refractivity contribution < 1.29 is 9.18 Å². The molecular formula is C18H14BrClFN3O2S. The Hall–Kier alpha value is -1.90. The quantitative estimate of drug-likeness (QED) is 0.434. The summed E-state index contributed by atoms with van der Waals surface area (Å²) in [5.74, 6) is -0.817. The summed E-state index contributed by atoms with van der Waals surface area (Å²) in [6.07, 6.45) is 0. The molecule has 0 fully saturated rings. The molecule has 0 aliphatic carbocycles. The van der Waals surface area contributed by atoms with Gasteiger partial charge in [-0.15, -0.1) is 0 Å². The van der Waals surface area contributed by atoms with Crippen LogP contribution in [0.1, 0.15) is 6.92 Å². The molecule has 0 aliphatic heterocycles. The number of nitrogens with one attached hydrogen (secondary N) is 1. The third kappa shape index (κ3) is 4.51. The Morgan fingerprint density at radius 1 is 1.33 bits per heavy atom. The number of thioether (sulfide) groups is 1. The summed E-state index contributed by atoms with van der Waals surface area (Å²) in [7, 11) is 0. The van der Waals surface area contributed by atoms with E-state index in [2.05, 4.69) is 26.2 Å². The maximum absolute atomic E-state index is 13.2. The van der Waals surface area contributed by atoms with Crippen molar-refractivity contribution >= 4 is 61.8 Å². The van der Waals surface area contributed by atoms with Gasteiger partial charge in [-0.05, 0) is 43.3 Å². The number of benzene rings is 2. The van der Waals surface area contributed by atoms with Crippen molar-refractivity contribution in [3.05, 3.63) is 62.1 Å². The minimum atomic E-state index is -0.553. The normalized spacial score (nSPS) is 11.0. The number of halogens is 3. The van der Waals surface area contributed by atoms with Crippen molar-refractivity contribution in [1.29, 1.82) is 0 Å². The smallest absolute Gasteiger partial charge is 0.262 e. The number of aromatic nitrogens is 2. The number of carbonyl (C=O) groups excluding carboxylic acids is 1. The Labute approximate surface area is 172 Å². The minimum Gasteiger partial charge on any atom is -0.325 e. The Morgan fingerprint density at radius 3 is 2.81 bits per heavy atom. The van der Waals surface area contributed by atoms with Crippen LogP contribution in [0.25, 0.3) is 10.9 Å². The highest BCUT2D eigenvalue weighted by Crippen LogP contribution is 2.22. The zero-order valence-corrected chi connectivity index (χ0v) is 17.3. The molecule has 0 bridgehead atoms. The average molecular weight is 471 g/mol. The second kappa shape index (κ2) is 8.41. The first-order chi connectivity index (χ1) is 12.9. The molecule has 1 heterocycles. The molecule has 1 N–H and O–H groups in total. The zero-order chi connectivity index (χ0) is 19.6. The van der Waals surface area contributed by atoms with E-state index in [0.717, 1.165) is 16.2 Å². The van der Waals surface area contributed by atoms with E-state index in [4.69, 9.17) is 11.6 Å². The fourth-order valence-electron chi connectivity index (χ4n) is 2.46. The number of hydrogen-bond acceptors (Lipinski definition) is 4. The van der Waals surface area contributed by atoms with Crippen LogP contribution in [0, 0.1) is 5.82 Å². The summed E-state index contributed by atoms with van der Waals surface area (Å²) >= 11 is 10.2. The maximum Gasteiger partial charge on any atom is 0.262 e. The first kappa shape index (κ1) is 19.9. The van der Waals surface area contributed by atoms with Gasteiger partial charge >= 0.3 is 0 Å². The van der Waals surface area contributed by atoms with Crippen LogP contribution in [0.15, 0.2) is 50.8 Å².